The van der Waals surface area contributed by atoms with Crippen molar-refractivity contribution in [2.24, 2.45) is 0 Å². The molecular weight excluding hydrogens is 362 g/mol. The lowest BCUT2D eigenvalue weighted by atomic mass is 10.1. The summed E-state index contributed by atoms with van der Waals surface area (Å²) in [6.07, 6.45) is 0.491. The zero-order valence-electron chi connectivity index (χ0n) is 16.0. The average Bonchev–Trinajstić information content (AvgIpc) is 2.67. The Balaban J connectivity index is 1.47. The summed E-state index contributed by atoms with van der Waals surface area (Å²) in [6.45, 7) is 7.38. The fraction of sp³-hybridized carbons (Fsp3) is 0.381. The van der Waals surface area contributed by atoms with Gasteiger partial charge in [-0.2, -0.15) is 0 Å². The molecule has 0 aliphatic carbocycles. The van der Waals surface area contributed by atoms with E-state index in [9.17, 15) is 4.79 Å². The molecule has 0 aromatic heterocycles. The molecule has 1 aliphatic heterocycles. The Morgan fingerprint density at radius 1 is 1.15 bits per heavy atom. The topological polar surface area (TPSA) is 47.2 Å². The summed E-state index contributed by atoms with van der Waals surface area (Å²) in [6, 6.07) is 13.8. The van der Waals surface area contributed by atoms with Crippen LogP contribution in [0.15, 0.2) is 42.5 Å². The monoisotopic (exact) mass is 389 g/mol. The Bertz CT molecular complexity index is 789. The number of methoxy groups -OCH3 is 1. The number of para-hydroxylation sites is 1. The van der Waals surface area contributed by atoms with E-state index in [1.54, 1.807) is 30.2 Å². The minimum Gasteiger partial charge on any atom is -0.495 e. The first-order chi connectivity index (χ1) is 13.1. The quantitative estimate of drug-likeness (QED) is 0.693. The van der Waals surface area contributed by atoms with Crippen LogP contribution in [0.1, 0.15) is 12.0 Å². The molecule has 27 heavy (non-hydrogen) atoms. The number of hydrogen-bond donors (Lipinski definition) is 3. The number of carbonyl (C=O) groups is 1. The lowest BCUT2D eigenvalue weighted by Gasteiger charge is -2.30. The van der Waals surface area contributed by atoms with Crippen molar-refractivity contribution in [2.45, 2.75) is 13.3 Å². The normalized spacial score (nSPS) is 19.5. The van der Waals surface area contributed by atoms with E-state index >= 15 is 0 Å². The fourth-order valence-electron chi connectivity index (χ4n) is 3.68. The minimum absolute atomic E-state index is 0.00301. The summed E-state index contributed by atoms with van der Waals surface area (Å²) < 4.78 is 5.28. The molecule has 3 N–H and O–H groups in total. The van der Waals surface area contributed by atoms with Crippen LogP contribution in [0.4, 0.5) is 11.4 Å². The second-order valence-electron chi connectivity index (χ2n) is 7.06. The number of piperazine rings is 1. The maximum atomic E-state index is 12.3. The van der Waals surface area contributed by atoms with Crippen molar-refractivity contribution >= 4 is 28.9 Å². The maximum absolute atomic E-state index is 12.3. The standard InChI is InChI=1S/C21H26ClN3O2/c1-16-5-3-4-6-19(16)25-13-11-24(12-14-25)10-9-21(26)23-18-15-17(22)7-8-20(18)27-2/h3-8,15H,9-14H2,1-2H3,(H,23,26)/p+2. The molecule has 0 saturated carbocycles. The van der Waals surface area contributed by atoms with E-state index < -0.39 is 0 Å². The molecule has 5 nitrogen and oxygen atoms in total. The van der Waals surface area contributed by atoms with Crippen LogP contribution in [0.3, 0.4) is 0 Å². The van der Waals surface area contributed by atoms with Gasteiger partial charge in [0.05, 0.1) is 25.8 Å². The Hall–Kier alpha value is -2.08. The highest BCUT2D eigenvalue weighted by atomic mass is 35.5. The van der Waals surface area contributed by atoms with Crippen molar-refractivity contribution in [2.75, 3.05) is 45.2 Å². The van der Waals surface area contributed by atoms with Crippen molar-refractivity contribution in [1.82, 2.24) is 0 Å². The number of hydrogen-bond acceptors (Lipinski definition) is 2. The SMILES string of the molecule is COc1ccc(Cl)cc1NC(=O)CC[NH+]1CC[NH+](c2ccccc2C)CC1. The van der Waals surface area contributed by atoms with Gasteiger partial charge in [-0.15, -0.1) is 0 Å². The zero-order valence-corrected chi connectivity index (χ0v) is 16.7. The van der Waals surface area contributed by atoms with Crippen molar-refractivity contribution < 1.29 is 19.3 Å². The fourth-order valence-corrected chi connectivity index (χ4v) is 3.85. The Labute approximate surface area is 165 Å². The van der Waals surface area contributed by atoms with Crippen molar-refractivity contribution in [3.8, 4) is 5.75 Å². The number of halogens is 1. The van der Waals surface area contributed by atoms with Crippen LogP contribution in [-0.4, -0.2) is 45.7 Å². The van der Waals surface area contributed by atoms with E-state index in [2.05, 4.69) is 36.5 Å². The molecule has 0 spiro atoms. The molecule has 3 rings (SSSR count). The largest absolute Gasteiger partial charge is 0.495 e. The molecule has 2 aromatic carbocycles. The van der Waals surface area contributed by atoms with Gasteiger partial charge in [-0.3, -0.25) is 9.69 Å². The highest BCUT2D eigenvalue weighted by Crippen LogP contribution is 2.27. The van der Waals surface area contributed by atoms with Crippen LogP contribution in [0.2, 0.25) is 5.02 Å². The number of nitrogens with one attached hydrogen (secondary N) is 3. The zero-order chi connectivity index (χ0) is 19.2. The van der Waals surface area contributed by atoms with Crippen molar-refractivity contribution in [1.29, 1.82) is 0 Å². The van der Waals surface area contributed by atoms with Crippen LogP contribution in [-0.2, 0) is 4.79 Å². The van der Waals surface area contributed by atoms with Crippen LogP contribution in [0.5, 0.6) is 5.75 Å². The van der Waals surface area contributed by atoms with Crippen molar-refractivity contribution in [3.05, 3.63) is 53.1 Å². The van der Waals surface area contributed by atoms with Gasteiger partial charge in [0.15, 0.2) is 0 Å². The number of rotatable bonds is 6. The molecule has 1 amide bonds. The number of carbonyl (C=O) groups excluding carboxylic acids is 1. The van der Waals surface area contributed by atoms with Gasteiger partial charge >= 0.3 is 0 Å². The van der Waals surface area contributed by atoms with Gasteiger partial charge in [0.1, 0.15) is 37.6 Å². The molecule has 0 atom stereocenters. The first kappa shape index (κ1) is 19.7. The molecule has 144 valence electrons. The third-order valence-electron chi connectivity index (χ3n) is 5.23. The second kappa shape index (κ2) is 9.22. The molecule has 1 fully saturated rings. The van der Waals surface area contributed by atoms with Crippen LogP contribution >= 0.6 is 11.6 Å². The number of anilines is 1. The van der Waals surface area contributed by atoms with Crippen molar-refractivity contribution in [3.63, 3.8) is 0 Å². The second-order valence-corrected chi connectivity index (χ2v) is 7.50. The number of benzene rings is 2. The summed E-state index contributed by atoms with van der Waals surface area (Å²) in [5, 5.41) is 3.49. The van der Waals surface area contributed by atoms with E-state index in [4.69, 9.17) is 16.3 Å². The van der Waals surface area contributed by atoms with E-state index in [1.165, 1.54) is 16.2 Å². The molecule has 2 aromatic rings. The third-order valence-corrected chi connectivity index (χ3v) is 5.46. The highest BCUT2D eigenvalue weighted by Gasteiger charge is 2.25. The molecule has 1 saturated heterocycles. The van der Waals surface area contributed by atoms with Gasteiger partial charge in [-0.25, -0.2) is 0 Å². The maximum Gasteiger partial charge on any atom is 0.230 e. The molecule has 1 aliphatic rings. The molecule has 0 bridgehead atoms. The summed E-state index contributed by atoms with van der Waals surface area (Å²) in [5.74, 6) is 0.618. The van der Waals surface area contributed by atoms with Gasteiger partial charge in [-0.1, -0.05) is 29.8 Å². The molecular formula is C21H28ClN3O2+2. The minimum atomic E-state index is -0.00301. The van der Waals surface area contributed by atoms with E-state index in [0.29, 0.717) is 22.9 Å². The average molecular weight is 390 g/mol. The van der Waals surface area contributed by atoms with Gasteiger partial charge in [0.25, 0.3) is 0 Å². The molecule has 0 radical (unpaired) electrons. The van der Waals surface area contributed by atoms with Gasteiger partial charge < -0.3 is 15.0 Å². The van der Waals surface area contributed by atoms with Gasteiger partial charge in [0.2, 0.25) is 5.91 Å². The Morgan fingerprint density at radius 2 is 1.89 bits per heavy atom. The van der Waals surface area contributed by atoms with Gasteiger partial charge in [-0.05, 0) is 31.2 Å². The van der Waals surface area contributed by atoms with E-state index in [0.717, 1.165) is 32.7 Å². The molecule has 1 heterocycles. The Morgan fingerprint density at radius 3 is 2.59 bits per heavy atom. The first-order valence-electron chi connectivity index (χ1n) is 9.44. The first-order valence-corrected chi connectivity index (χ1v) is 9.82. The summed E-state index contributed by atoms with van der Waals surface area (Å²) in [5.41, 5.74) is 3.38. The number of aryl methyl sites for hydroxylation is 1. The van der Waals surface area contributed by atoms with Crippen LogP contribution in [0, 0.1) is 6.92 Å². The summed E-state index contributed by atoms with van der Waals surface area (Å²) in [7, 11) is 1.58. The number of quaternary nitrogens is 2. The van der Waals surface area contributed by atoms with Gasteiger partial charge in [0, 0.05) is 10.6 Å². The lowest BCUT2D eigenvalue weighted by molar-refractivity contribution is -0.986. The summed E-state index contributed by atoms with van der Waals surface area (Å²) >= 11 is 6.02. The van der Waals surface area contributed by atoms with E-state index in [-0.39, 0.29) is 5.91 Å². The van der Waals surface area contributed by atoms with E-state index in [1.807, 2.05) is 0 Å². The third kappa shape index (κ3) is 5.22. The predicted molar refractivity (Wildman–Crippen MR) is 108 cm³/mol. The number of ether oxygens (including phenoxy) is 1. The molecule has 6 heteroatoms. The lowest BCUT2D eigenvalue weighted by Crippen LogP contribution is -3.26. The number of amides is 1. The summed E-state index contributed by atoms with van der Waals surface area (Å²) in [4.78, 5) is 15.4. The Kier molecular flexibility index (Phi) is 6.72. The van der Waals surface area contributed by atoms with Crippen LogP contribution in [0.25, 0.3) is 0 Å². The molecule has 0 unspecified atom stereocenters. The predicted octanol–water partition coefficient (Wildman–Crippen LogP) is 1.10. The highest BCUT2D eigenvalue weighted by molar-refractivity contribution is 6.31. The van der Waals surface area contributed by atoms with Crippen LogP contribution < -0.4 is 19.9 Å². The smallest absolute Gasteiger partial charge is 0.230 e.